The van der Waals surface area contributed by atoms with Crippen molar-refractivity contribution in [1.82, 2.24) is 4.57 Å². The van der Waals surface area contributed by atoms with Gasteiger partial charge in [-0.1, -0.05) is 19.1 Å². The Kier molecular flexibility index (Phi) is 4.55. The van der Waals surface area contributed by atoms with Crippen LogP contribution in [0.1, 0.15) is 12.5 Å². The van der Waals surface area contributed by atoms with Crippen LogP contribution in [0.25, 0.3) is 11.1 Å². The van der Waals surface area contributed by atoms with Crippen molar-refractivity contribution in [3.8, 4) is 11.1 Å². The summed E-state index contributed by atoms with van der Waals surface area (Å²) in [4.78, 5) is 12.5. The minimum absolute atomic E-state index is 0.0971. The zero-order valence-corrected chi connectivity index (χ0v) is 12.8. The predicted molar refractivity (Wildman–Crippen MR) is 79.1 cm³/mol. The fourth-order valence-electron chi connectivity index (χ4n) is 2.06. The lowest BCUT2D eigenvalue weighted by Gasteiger charge is -2.11. The van der Waals surface area contributed by atoms with Crippen LogP contribution >= 0.6 is 0 Å². The van der Waals surface area contributed by atoms with Crippen LogP contribution in [-0.2, 0) is 24.0 Å². The standard InChI is InChI=1S/C15H14F3NO2S/c1-3-22(21)13-9-19(2)8-12(14(13)20)10-5-4-6-11(7-10)15(16,17)18/h4-9H,3H2,1-2H3. The highest BCUT2D eigenvalue weighted by Gasteiger charge is 2.30. The molecule has 118 valence electrons. The monoisotopic (exact) mass is 329 g/mol. The summed E-state index contributed by atoms with van der Waals surface area (Å²) < 4.78 is 51.8. The van der Waals surface area contributed by atoms with Crippen molar-refractivity contribution < 1.29 is 17.4 Å². The van der Waals surface area contributed by atoms with Gasteiger partial charge in [-0.25, -0.2) is 0 Å². The first-order valence-electron chi connectivity index (χ1n) is 6.50. The molecule has 3 nitrogen and oxygen atoms in total. The summed E-state index contributed by atoms with van der Waals surface area (Å²) in [6.07, 6.45) is -1.60. The molecule has 0 spiro atoms. The summed E-state index contributed by atoms with van der Waals surface area (Å²) >= 11 is 0. The van der Waals surface area contributed by atoms with Crippen LogP contribution in [0.4, 0.5) is 13.2 Å². The zero-order chi connectivity index (χ0) is 16.5. The maximum Gasteiger partial charge on any atom is 0.416 e. The van der Waals surface area contributed by atoms with Gasteiger partial charge in [-0.2, -0.15) is 13.2 Å². The van der Waals surface area contributed by atoms with Gasteiger partial charge in [0, 0.05) is 30.8 Å². The molecule has 0 fully saturated rings. The van der Waals surface area contributed by atoms with Gasteiger partial charge in [-0.05, 0) is 17.7 Å². The summed E-state index contributed by atoms with van der Waals surface area (Å²) in [6.45, 7) is 1.67. The number of hydrogen-bond acceptors (Lipinski definition) is 2. The molecular formula is C15H14F3NO2S. The van der Waals surface area contributed by atoms with Crippen LogP contribution in [0.15, 0.2) is 46.3 Å². The molecule has 1 aromatic carbocycles. The number of nitrogens with zero attached hydrogens (tertiary/aromatic N) is 1. The summed E-state index contributed by atoms with van der Waals surface area (Å²) in [7, 11) is 0.158. The van der Waals surface area contributed by atoms with Gasteiger partial charge in [0.05, 0.1) is 16.4 Å². The van der Waals surface area contributed by atoms with Crippen LogP contribution in [0, 0.1) is 0 Å². The van der Waals surface area contributed by atoms with Gasteiger partial charge in [0.2, 0.25) is 5.43 Å². The lowest BCUT2D eigenvalue weighted by molar-refractivity contribution is -0.137. The molecule has 22 heavy (non-hydrogen) atoms. The molecule has 0 saturated carbocycles. The Hall–Kier alpha value is -1.89. The normalized spacial score (nSPS) is 13.1. The van der Waals surface area contributed by atoms with Crippen molar-refractivity contribution in [2.75, 3.05) is 5.75 Å². The van der Waals surface area contributed by atoms with Gasteiger partial charge < -0.3 is 4.57 Å². The van der Waals surface area contributed by atoms with Gasteiger partial charge >= 0.3 is 6.18 Å². The highest BCUT2D eigenvalue weighted by atomic mass is 32.2. The molecule has 0 N–H and O–H groups in total. The highest BCUT2D eigenvalue weighted by Crippen LogP contribution is 2.31. The van der Waals surface area contributed by atoms with E-state index in [0.717, 1.165) is 12.1 Å². The Balaban J connectivity index is 2.66. The summed E-state index contributed by atoms with van der Waals surface area (Å²) in [5.74, 6) is 0.265. The van der Waals surface area contributed by atoms with Crippen molar-refractivity contribution in [3.05, 3.63) is 52.4 Å². The van der Waals surface area contributed by atoms with Crippen molar-refractivity contribution in [3.63, 3.8) is 0 Å². The van der Waals surface area contributed by atoms with Gasteiger partial charge in [0.15, 0.2) is 0 Å². The third-order valence-electron chi connectivity index (χ3n) is 3.13. The largest absolute Gasteiger partial charge is 0.416 e. The van der Waals surface area contributed by atoms with Gasteiger partial charge in [-0.15, -0.1) is 0 Å². The highest BCUT2D eigenvalue weighted by molar-refractivity contribution is 7.85. The molecule has 0 bridgehead atoms. The number of aryl methyl sites for hydroxylation is 1. The third-order valence-corrected chi connectivity index (χ3v) is 4.44. The number of rotatable bonds is 3. The second-order valence-corrected chi connectivity index (χ2v) is 6.45. The third kappa shape index (κ3) is 3.30. The lowest BCUT2D eigenvalue weighted by Crippen LogP contribution is -2.17. The van der Waals surface area contributed by atoms with E-state index in [0.29, 0.717) is 0 Å². The van der Waals surface area contributed by atoms with Gasteiger partial charge in [-0.3, -0.25) is 9.00 Å². The number of aromatic nitrogens is 1. The molecule has 0 amide bonds. The average molecular weight is 329 g/mol. The van der Waals surface area contributed by atoms with Gasteiger partial charge in [0.25, 0.3) is 0 Å². The van der Waals surface area contributed by atoms with E-state index in [1.807, 2.05) is 0 Å². The number of hydrogen-bond donors (Lipinski definition) is 0. The minimum Gasteiger partial charge on any atom is -0.355 e. The zero-order valence-electron chi connectivity index (χ0n) is 12.0. The maximum absolute atomic E-state index is 12.8. The van der Waals surface area contributed by atoms with E-state index in [1.165, 1.54) is 29.1 Å². The number of halogens is 3. The fourth-order valence-corrected chi connectivity index (χ4v) is 2.97. The van der Waals surface area contributed by atoms with E-state index in [1.54, 1.807) is 14.0 Å². The van der Waals surface area contributed by atoms with Crippen molar-refractivity contribution in [1.29, 1.82) is 0 Å². The average Bonchev–Trinajstić information content (AvgIpc) is 2.47. The summed E-state index contributed by atoms with van der Waals surface area (Å²) in [5.41, 5.74) is -1.06. The van der Waals surface area contributed by atoms with Crippen LogP contribution in [-0.4, -0.2) is 14.5 Å². The Morgan fingerprint density at radius 2 is 1.91 bits per heavy atom. The van der Waals surface area contributed by atoms with Crippen LogP contribution in [0.3, 0.4) is 0 Å². The molecule has 1 atom stereocenters. The Labute approximate surface area is 127 Å². The molecular weight excluding hydrogens is 315 g/mol. The van der Waals surface area contributed by atoms with E-state index in [-0.39, 0.29) is 21.8 Å². The molecule has 0 aliphatic carbocycles. The van der Waals surface area contributed by atoms with E-state index in [4.69, 9.17) is 0 Å². The number of alkyl halides is 3. The van der Waals surface area contributed by atoms with E-state index < -0.39 is 28.0 Å². The van der Waals surface area contributed by atoms with E-state index >= 15 is 0 Å². The van der Waals surface area contributed by atoms with E-state index in [2.05, 4.69) is 0 Å². The molecule has 0 aliphatic heterocycles. The maximum atomic E-state index is 12.8. The van der Waals surface area contributed by atoms with Crippen LogP contribution in [0.5, 0.6) is 0 Å². The van der Waals surface area contributed by atoms with Crippen molar-refractivity contribution in [2.45, 2.75) is 18.0 Å². The Bertz CT molecular complexity index is 781. The summed E-state index contributed by atoms with van der Waals surface area (Å²) in [5, 5.41) is 0. The number of pyridine rings is 1. The van der Waals surface area contributed by atoms with Crippen LogP contribution < -0.4 is 5.43 Å². The quantitative estimate of drug-likeness (QED) is 0.867. The molecule has 1 heterocycles. The first-order chi connectivity index (χ1) is 10.2. The van der Waals surface area contributed by atoms with Crippen molar-refractivity contribution >= 4 is 10.8 Å². The Morgan fingerprint density at radius 1 is 1.23 bits per heavy atom. The first-order valence-corrected chi connectivity index (χ1v) is 7.82. The molecule has 7 heteroatoms. The molecule has 0 radical (unpaired) electrons. The molecule has 2 aromatic rings. The number of benzene rings is 1. The fraction of sp³-hybridized carbons (Fsp3) is 0.267. The van der Waals surface area contributed by atoms with E-state index in [9.17, 15) is 22.2 Å². The second kappa shape index (κ2) is 6.08. The SMILES string of the molecule is CCS(=O)c1cn(C)cc(-c2cccc(C(F)(F)F)c2)c1=O. The Morgan fingerprint density at radius 3 is 2.50 bits per heavy atom. The predicted octanol–water partition coefficient (Wildman–Crippen LogP) is 3.20. The molecule has 2 rings (SSSR count). The molecule has 1 unspecified atom stereocenters. The van der Waals surface area contributed by atoms with Gasteiger partial charge in [0.1, 0.15) is 4.90 Å². The van der Waals surface area contributed by atoms with Crippen molar-refractivity contribution in [2.24, 2.45) is 7.05 Å². The topological polar surface area (TPSA) is 39.1 Å². The molecule has 0 saturated heterocycles. The summed E-state index contributed by atoms with van der Waals surface area (Å²) in [6, 6.07) is 4.56. The second-order valence-electron chi connectivity index (χ2n) is 4.74. The molecule has 1 aromatic heterocycles. The first kappa shape index (κ1) is 16.5. The van der Waals surface area contributed by atoms with Crippen LogP contribution in [0.2, 0.25) is 0 Å². The minimum atomic E-state index is -4.48. The smallest absolute Gasteiger partial charge is 0.355 e. The lowest BCUT2D eigenvalue weighted by atomic mass is 10.0. The molecule has 0 aliphatic rings.